The van der Waals surface area contributed by atoms with Crippen molar-refractivity contribution in [3.05, 3.63) is 16.5 Å². The minimum Gasteiger partial charge on any atom is -0.452 e. The number of sulfonamides is 1. The minimum atomic E-state index is -3.54. The predicted molar refractivity (Wildman–Crippen MR) is 82.5 cm³/mol. The number of halogens is 1. The SMILES string of the molecule is CN1CCC(NS(=O)(=O)c2cc(CNC3CC3)oc2Br)C1. The van der Waals surface area contributed by atoms with Gasteiger partial charge in [-0.2, -0.15) is 0 Å². The van der Waals surface area contributed by atoms with E-state index in [9.17, 15) is 8.42 Å². The van der Waals surface area contributed by atoms with E-state index >= 15 is 0 Å². The number of nitrogens with one attached hydrogen (secondary N) is 2. The topological polar surface area (TPSA) is 74.6 Å². The van der Waals surface area contributed by atoms with E-state index in [-0.39, 0.29) is 15.6 Å². The van der Waals surface area contributed by atoms with Crippen molar-refractivity contribution in [1.82, 2.24) is 14.9 Å². The summed E-state index contributed by atoms with van der Waals surface area (Å²) < 4.78 is 33.4. The highest BCUT2D eigenvalue weighted by molar-refractivity contribution is 9.10. The third-order valence-corrected chi connectivity index (χ3v) is 6.23. The highest BCUT2D eigenvalue weighted by Crippen LogP contribution is 2.27. The van der Waals surface area contributed by atoms with Gasteiger partial charge in [-0.25, -0.2) is 13.1 Å². The summed E-state index contributed by atoms with van der Waals surface area (Å²) >= 11 is 3.21. The van der Waals surface area contributed by atoms with Gasteiger partial charge in [0.25, 0.3) is 0 Å². The summed E-state index contributed by atoms with van der Waals surface area (Å²) in [6, 6.07) is 2.12. The molecule has 1 aliphatic heterocycles. The summed E-state index contributed by atoms with van der Waals surface area (Å²) in [5, 5.41) is 3.31. The Morgan fingerprint density at radius 1 is 1.38 bits per heavy atom. The zero-order chi connectivity index (χ0) is 15.0. The van der Waals surface area contributed by atoms with E-state index in [1.807, 2.05) is 7.05 Å². The van der Waals surface area contributed by atoms with Gasteiger partial charge in [0.1, 0.15) is 10.7 Å². The van der Waals surface area contributed by atoms with Crippen molar-refractivity contribution < 1.29 is 12.8 Å². The van der Waals surface area contributed by atoms with Crippen LogP contribution in [-0.4, -0.2) is 45.5 Å². The van der Waals surface area contributed by atoms with Crippen LogP contribution in [0.4, 0.5) is 0 Å². The molecule has 6 nitrogen and oxygen atoms in total. The van der Waals surface area contributed by atoms with Crippen LogP contribution in [0.1, 0.15) is 25.0 Å². The number of likely N-dealkylation sites (tertiary alicyclic amines) is 1. The first-order valence-corrected chi connectivity index (χ1v) is 9.44. The van der Waals surface area contributed by atoms with Gasteiger partial charge in [0.15, 0.2) is 4.67 Å². The lowest BCUT2D eigenvalue weighted by Crippen LogP contribution is -2.36. The van der Waals surface area contributed by atoms with Crippen LogP contribution in [0.3, 0.4) is 0 Å². The standard InChI is InChI=1S/C13H20BrN3O3S/c1-17-5-4-10(8-17)16-21(18,19)12-6-11(20-13(12)14)7-15-9-2-3-9/h6,9-10,15-16H,2-5,7-8H2,1H3. The van der Waals surface area contributed by atoms with E-state index < -0.39 is 10.0 Å². The summed E-state index contributed by atoms with van der Waals surface area (Å²) in [5.41, 5.74) is 0. The molecule has 1 unspecified atom stereocenters. The van der Waals surface area contributed by atoms with Crippen molar-refractivity contribution in [2.45, 2.75) is 42.8 Å². The van der Waals surface area contributed by atoms with E-state index in [1.54, 1.807) is 6.07 Å². The van der Waals surface area contributed by atoms with Gasteiger partial charge in [-0.05, 0) is 48.8 Å². The molecule has 1 aromatic rings. The summed E-state index contributed by atoms with van der Waals surface area (Å²) in [4.78, 5) is 2.30. The number of hydrogen-bond acceptors (Lipinski definition) is 5. The van der Waals surface area contributed by atoms with Gasteiger partial charge in [-0.3, -0.25) is 0 Å². The lowest BCUT2D eigenvalue weighted by molar-refractivity contribution is 0.407. The fraction of sp³-hybridized carbons (Fsp3) is 0.692. The molecule has 0 bridgehead atoms. The van der Waals surface area contributed by atoms with Gasteiger partial charge in [-0.1, -0.05) is 0 Å². The lowest BCUT2D eigenvalue weighted by atomic mass is 10.3. The van der Waals surface area contributed by atoms with Crippen LogP contribution < -0.4 is 10.0 Å². The number of rotatable bonds is 6. The molecule has 2 N–H and O–H groups in total. The van der Waals surface area contributed by atoms with Crippen LogP contribution in [0, 0.1) is 0 Å². The van der Waals surface area contributed by atoms with Crippen molar-refractivity contribution in [3.8, 4) is 0 Å². The summed E-state index contributed by atoms with van der Waals surface area (Å²) in [7, 11) is -1.56. The van der Waals surface area contributed by atoms with Crippen molar-refractivity contribution in [1.29, 1.82) is 0 Å². The van der Waals surface area contributed by atoms with E-state index in [0.717, 1.165) is 19.5 Å². The molecule has 8 heteroatoms. The normalized spacial score (nSPS) is 23.8. The van der Waals surface area contributed by atoms with E-state index in [1.165, 1.54) is 12.8 Å². The van der Waals surface area contributed by atoms with Crippen LogP contribution in [-0.2, 0) is 16.6 Å². The fourth-order valence-electron chi connectivity index (χ4n) is 2.51. The molecule has 0 spiro atoms. The number of hydrogen-bond donors (Lipinski definition) is 2. The molecule has 3 rings (SSSR count). The van der Waals surface area contributed by atoms with Crippen molar-refractivity contribution in [2.75, 3.05) is 20.1 Å². The van der Waals surface area contributed by atoms with Crippen molar-refractivity contribution in [2.24, 2.45) is 0 Å². The first-order valence-electron chi connectivity index (χ1n) is 7.16. The molecule has 1 aliphatic carbocycles. The van der Waals surface area contributed by atoms with E-state index in [0.29, 0.717) is 18.3 Å². The molecule has 0 amide bonds. The zero-order valence-corrected chi connectivity index (χ0v) is 14.3. The molecule has 1 atom stereocenters. The Kier molecular flexibility index (Phi) is 4.42. The minimum absolute atomic E-state index is 0.0326. The molecule has 0 radical (unpaired) electrons. The average Bonchev–Trinajstić information content (AvgIpc) is 3.03. The molecule has 2 fully saturated rings. The molecule has 2 aliphatic rings. The van der Waals surface area contributed by atoms with E-state index in [4.69, 9.17) is 4.42 Å². The van der Waals surface area contributed by atoms with Crippen LogP contribution in [0.25, 0.3) is 0 Å². The van der Waals surface area contributed by atoms with Gasteiger partial charge < -0.3 is 14.6 Å². The third-order valence-electron chi connectivity index (χ3n) is 3.85. The highest BCUT2D eigenvalue weighted by atomic mass is 79.9. The second-order valence-electron chi connectivity index (χ2n) is 5.87. The van der Waals surface area contributed by atoms with Crippen molar-refractivity contribution in [3.63, 3.8) is 0 Å². The van der Waals surface area contributed by atoms with Crippen LogP contribution >= 0.6 is 15.9 Å². The van der Waals surface area contributed by atoms with Crippen LogP contribution in [0.15, 0.2) is 20.0 Å². The van der Waals surface area contributed by atoms with Gasteiger partial charge in [0.05, 0.1) is 6.54 Å². The number of furan rings is 1. The predicted octanol–water partition coefficient (Wildman–Crippen LogP) is 1.28. The van der Waals surface area contributed by atoms with Gasteiger partial charge in [0, 0.05) is 24.7 Å². The van der Waals surface area contributed by atoms with E-state index in [2.05, 4.69) is 30.9 Å². The zero-order valence-electron chi connectivity index (χ0n) is 11.9. The number of likely N-dealkylation sites (N-methyl/N-ethyl adjacent to an activating group) is 1. The second kappa shape index (κ2) is 6.00. The van der Waals surface area contributed by atoms with Crippen molar-refractivity contribution >= 4 is 26.0 Å². The van der Waals surface area contributed by atoms with Gasteiger partial charge in [-0.15, -0.1) is 0 Å². The van der Waals surface area contributed by atoms with Crippen LogP contribution in [0.2, 0.25) is 0 Å². The highest BCUT2D eigenvalue weighted by Gasteiger charge is 2.29. The first-order chi connectivity index (χ1) is 9.94. The Bertz CT molecular complexity index is 612. The molecule has 1 saturated heterocycles. The lowest BCUT2D eigenvalue weighted by Gasteiger charge is -2.12. The molecule has 1 saturated carbocycles. The Labute approximate surface area is 133 Å². The molecular weight excluding hydrogens is 358 g/mol. The molecule has 2 heterocycles. The summed E-state index contributed by atoms with van der Waals surface area (Å²) in [6.45, 7) is 2.21. The quantitative estimate of drug-likeness (QED) is 0.780. The second-order valence-corrected chi connectivity index (χ2v) is 8.28. The maximum Gasteiger partial charge on any atom is 0.245 e. The maximum atomic E-state index is 12.4. The number of nitrogens with zero attached hydrogens (tertiary/aromatic N) is 1. The monoisotopic (exact) mass is 377 g/mol. The Morgan fingerprint density at radius 3 is 2.76 bits per heavy atom. The molecular formula is C13H20BrN3O3S. The summed E-state index contributed by atoms with van der Waals surface area (Å²) in [5.74, 6) is 0.637. The smallest absolute Gasteiger partial charge is 0.245 e. The Balaban J connectivity index is 1.68. The third kappa shape index (κ3) is 3.87. The molecule has 118 valence electrons. The Hall–Kier alpha value is -0.410. The fourth-order valence-corrected chi connectivity index (χ4v) is 4.77. The van der Waals surface area contributed by atoms with Crippen LogP contribution in [0.5, 0.6) is 0 Å². The molecule has 21 heavy (non-hydrogen) atoms. The Morgan fingerprint density at radius 2 is 2.14 bits per heavy atom. The largest absolute Gasteiger partial charge is 0.452 e. The molecule has 1 aromatic heterocycles. The van der Waals surface area contributed by atoms with Gasteiger partial charge in [0.2, 0.25) is 10.0 Å². The maximum absolute atomic E-state index is 12.4. The first kappa shape index (κ1) is 15.5. The molecule has 0 aromatic carbocycles. The summed E-state index contributed by atoms with van der Waals surface area (Å²) in [6.07, 6.45) is 3.20. The van der Waals surface area contributed by atoms with Gasteiger partial charge >= 0.3 is 0 Å². The average molecular weight is 378 g/mol.